The maximum Gasteiger partial charge on any atom is 0.335 e. The van der Waals surface area contributed by atoms with Gasteiger partial charge in [-0.25, -0.2) is 13.6 Å². The van der Waals surface area contributed by atoms with Gasteiger partial charge in [-0.1, -0.05) is 12.1 Å². The summed E-state index contributed by atoms with van der Waals surface area (Å²) in [4.78, 5) is 23.4. The third-order valence-corrected chi connectivity index (χ3v) is 3.40. The average molecular weight is 366 g/mol. The largest absolute Gasteiger partial charge is 0.490 e. The lowest BCUT2D eigenvalue weighted by atomic mass is 10.0. The van der Waals surface area contributed by atoms with Crippen molar-refractivity contribution in [1.82, 2.24) is 0 Å². The number of rotatable bonds is 9. The van der Waals surface area contributed by atoms with Crippen LogP contribution in [0.2, 0.25) is 0 Å². The molecule has 0 aliphatic rings. The van der Waals surface area contributed by atoms with E-state index in [0.29, 0.717) is 0 Å². The molecule has 0 fully saturated rings. The minimum absolute atomic E-state index is 0.0131. The minimum Gasteiger partial charge on any atom is -0.490 e. The number of ketones is 1. The summed E-state index contributed by atoms with van der Waals surface area (Å²) in [5, 5.41) is 17.5. The zero-order valence-corrected chi connectivity index (χ0v) is 13.6. The molecular weight excluding hydrogens is 350 g/mol. The number of benzene rings is 2. The standard InChI is InChI=1S/C18H16F2O6/c19-13-5-6-14(26-10-9-25-8-7-21)15(16(13)20)17(22)11-1-3-12(4-2-11)18(23)24/h1-6,21H,7-10H2,(H,23,24). The smallest absolute Gasteiger partial charge is 0.335 e. The van der Waals surface area contributed by atoms with Crippen molar-refractivity contribution in [2.75, 3.05) is 26.4 Å². The molecule has 26 heavy (non-hydrogen) atoms. The molecule has 0 aliphatic heterocycles. The Labute approximate surface area is 147 Å². The first-order valence-corrected chi connectivity index (χ1v) is 7.63. The van der Waals surface area contributed by atoms with Gasteiger partial charge in [0, 0.05) is 5.56 Å². The number of hydrogen-bond acceptors (Lipinski definition) is 5. The van der Waals surface area contributed by atoms with Crippen LogP contribution < -0.4 is 4.74 Å². The van der Waals surface area contributed by atoms with Crippen molar-refractivity contribution in [1.29, 1.82) is 0 Å². The third kappa shape index (κ3) is 4.62. The van der Waals surface area contributed by atoms with Gasteiger partial charge < -0.3 is 19.7 Å². The maximum atomic E-state index is 14.2. The Morgan fingerprint density at radius 3 is 2.19 bits per heavy atom. The molecule has 0 amide bonds. The Bertz CT molecular complexity index is 789. The highest BCUT2D eigenvalue weighted by molar-refractivity contribution is 6.11. The van der Waals surface area contributed by atoms with Crippen LogP contribution in [0.3, 0.4) is 0 Å². The van der Waals surface area contributed by atoms with Crippen LogP contribution in [0.1, 0.15) is 26.3 Å². The van der Waals surface area contributed by atoms with Crippen molar-refractivity contribution in [3.8, 4) is 5.75 Å². The second kappa shape index (κ2) is 9.02. The summed E-state index contributed by atoms with van der Waals surface area (Å²) in [5.41, 5.74) is -0.644. The first kappa shape index (κ1) is 19.5. The highest BCUT2D eigenvalue weighted by Crippen LogP contribution is 2.27. The molecule has 0 atom stereocenters. The molecule has 2 aromatic rings. The Morgan fingerprint density at radius 1 is 0.923 bits per heavy atom. The van der Waals surface area contributed by atoms with Gasteiger partial charge in [0.25, 0.3) is 0 Å². The van der Waals surface area contributed by atoms with Gasteiger partial charge in [0.15, 0.2) is 17.4 Å². The molecule has 2 N–H and O–H groups in total. The van der Waals surface area contributed by atoms with Crippen LogP contribution in [0.25, 0.3) is 0 Å². The molecule has 0 spiro atoms. The van der Waals surface area contributed by atoms with E-state index in [2.05, 4.69) is 0 Å². The van der Waals surface area contributed by atoms with Crippen molar-refractivity contribution in [2.45, 2.75) is 0 Å². The molecule has 2 aromatic carbocycles. The summed E-state index contributed by atoms with van der Waals surface area (Å²) in [7, 11) is 0. The Kier molecular flexibility index (Phi) is 6.76. The number of carboxylic acid groups (broad SMARTS) is 1. The number of hydrogen-bond donors (Lipinski definition) is 2. The summed E-state index contributed by atoms with van der Waals surface area (Å²) in [6.45, 7) is -0.0199. The summed E-state index contributed by atoms with van der Waals surface area (Å²) in [6, 6.07) is 6.77. The first-order valence-electron chi connectivity index (χ1n) is 7.63. The van der Waals surface area contributed by atoms with Gasteiger partial charge in [0.1, 0.15) is 17.9 Å². The number of aliphatic hydroxyl groups excluding tert-OH is 1. The molecule has 0 radical (unpaired) electrons. The van der Waals surface area contributed by atoms with Crippen LogP contribution >= 0.6 is 0 Å². The van der Waals surface area contributed by atoms with Crippen LogP contribution in [0, 0.1) is 11.6 Å². The molecule has 138 valence electrons. The monoisotopic (exact) mass is 366 g/mol. The molecule has 0 aliphatic carbocycles. The van der Waals surface area contributed by atoms with E-state index in [1.807, 2.05) is 0 Å². The van der Waals surface area contributed by atoms with Gasteiger partial charge in [0.05, 0.1) is 25.4 Å². The molecule has 8 heteroatoms. The Morgan fingerprint density at radius 2 is 1.58 bits per heavy atom. The summed E-state index contributed by atoms with van der Waals surface area (Å²) in [6.07, 6.45) is 0. The average Bonchev–Trinajstić information content (AvgIpc) is 2.64. The van der Waals surface area contributed by atoms with E-state index in [0.717, 1.165) is 12.1 Å². The van der Waals surface area contributed by atoms with Gasteiger partial charge >= 0.3 is 5.97 Å². The molecule has 6 nitrogen and oxygen atoms in total. The van der Waals surface area contributed by atoms with Gasteiger partial charge in [-0.15, -0.1) is 0 Å². The quantitative estimate of drug-likeness (QED) is 0.522. The first-order chi connectivity index (χ1) is 12.5. The third-order valence-electron chi connectivity index (χ3n) is 3.40. The number of carboxylic acids is 1. The van der Waals surface area contributed by atoms with Crippen molar-refractivity contribution >= 4 is 11.8 Å². The zero-order valence-electron chi connectivity index (χ0n) is 13.6. The number of carbonyl (C=O) groups is 2. The zero-order chi connectivity index (χ0) is 19.1. The van der Waals surface area contributed by atoms with Gasteiger partial charge in [-0.05, 0) is 24.3 Å². The molecule has 0 aromatic heterocycles. The summed E-state index contributed by atoms with van der Waals surface area (Å²) >= 11 is 0. The van der Waals surface area contributed by atoms with Crippen molar-refractivity contribution < 1.29 is 38.1 Å². The fourth-order valence-electron chi connectivity index (χ4n) is 2.15. The van der Waals surface area contributed by atoms with E-state index in [4.69, 9.17) is 19.7 Å². The van der Waals surface area contributed by atoms with E-state index in [1.165, 1.54) is 24.3 Å². The molecule has 0 heterocycles. The van der Waals surface area contributed by atoms with Crippen LogP contribution in [-0.2, 0) is 4.74 Å². The lowest BCUT2D eigenvalue weighted by molar-refractivity contribution is 0.0695. The maximum absolute atomic E-state index is 14.2. The highest BCUT2D eigenvalue weighted by atomic mass is 19.2. The van der Waals surface area contributed by atoms with E-state index in [1.54, 1.807) is 0 Å². The molecule has 0 unspecified atom stereocenters. The number of aromatic carboxylic acids is 1. The van der Waals surface area contributed by atoms with E-state index >= 15 is 0 Å². The summed E-state index contributed by atoms with van der Waals surface area (Å²) < 4.78 is 38.1. The van der Waals surface area contributed by atoms with Crippen molar-refractivity contribution in [3.05, 3.63) is 64.7 Å². The van der Waals surface area contributed by atoms with Gasteiger partial charge in [-0.3, -0.25) is 4.79 Å². The van der Waals surface area contributed by atoms with Crippen molar-refractivity contribution in [3.63, 3.8) is 0 Å². The number of ether oxygens (including phenoxy) is 2. The molecule has 0 saturated heterocycles. The lowest BCUT2D eigenvalue weighted by Gasteiger charge is -2.12. The lowest BCUT2D eigenvalue weighted by Crippen LogP contribution is -2.13. The van der Waals surface area contributed by atoms with Crippen LogP contribution in [0.5, 0.6) is 5.75 Å². The number of halogens is 2. The number of aliphatic hydroxyl groups is 1. The fourth-order valence-corrected chi connectivity index (χ4v) is 2.15. The van der Waals surface area contributed by atoms with Crippen molar-refractivity contribution in [2.24, 2.45) is 0 Å². The normalized spacial score (nSPS) is 10.6. The second-order valence-corrected chi connectivity index (χ2v) is 5.13. The predicted molar refractivity (Wildman–Crippen MR) is 86.6 cm³/mol. The predicted octanol–water partition coefficient (Wildman–Crippen LogP) is 2.28. The highest BCUT2D eigenvalue weighted by Gasteiger charge is 2.23. The van der Waals surface area contributed by atoms with E-state index in [-0.39, 0.29) is 43.3 Å². The Balaban J connectivity index is 2.26. The van der Waals surface area contributed by atoms with Crippen LogP contribution in [0.15, 0.2) is 36.4 Å². The molecule has 0 saturated carbocycles. The van der Waals surface area contributed by atoms with E-state index < -0.39 is 29.0 Å². The van der Waals surface area contributed by atoms with E-state index in [9.17, 15) is 18.4 Å². The SMILES string of the molecule is O=C(O)c1ccc(C(=O)c2c(OCCOCCO)ccc(F)c2F)cc1. The number of carbonyl (C=O) groups excluding carboxylic acids is 1. The van der Waals surface area contributed by atoms with Crippen LogP contribution in [-0.4, -0.2) is 48.4 Å². The fraction of sp³-hybridized carbons (Fsp3) is 0.222. The van der Waals surface area contributed by atoms with Gasteiger partial charge in [0.2, 0.25) is 0 Å². The summed E-state index contributed by atoms with van der Waals surface area (Å²) in [5.74, 6) is -4.74. The van der Waals surface area contributed by atoms with Gasteiger partial charge in [-0.2, -0.15) is 0 Å². The molecule has 2 rings (SSSR count). The molecule has 0 bridgehead atoms. The minimum atomic E-state index is -1.36. The second-order valence-electron chi connectivity index (χ2n) is 5.13. The Hall–Kier alpha value is -2.84. The molecular formula is C18H16F2O6. The topological polar surface area (TPSA) is 93.1 Å². The van der Waals surface area contributed by atoms with Crippen LogP contribution in [0.4, 0.5) is 8.78 Å².